The van der Waals surface area contributed by atoms with Gasteiger partial charge in [-0.05, 0) is 37.6 Å². The third-order valence-corrected chi connectivity index (χ3v) is 2.33. The summed E-state index contributed by atoms with van der Waals surface area (Å²) in [5.74, 6) is 6.84. The molecule has 1 aromatic carbocycles. The predicted octanol–water partition coefficient (Wildman–Crippen LogP) is 2.24. The molecule has 0 fully saturated rings. The van der Waals surface area contributed by atoms with Crippen molar-refractivity contribution in [3.05, 3.63) is 29.8 Å². The van der Waals surface area contributed by atoms with Crippen LogP contribution < -0.4 is 10.1 Å². The zero-order chi connectivity index (χ0) is 11.6. The van der Waals surface area contributed by atoms with E-state index in [1.165, 1.54) is 5.56 Å². The SMILES string of the molecule is CC#CCCNCCc1cccc(OC)c1. The molecule has 2 heteroatoms. The third kappa shape index (κ3) is 4.86. The van der Waals surface area contributed by atoms with Gasteiger partial charge in [0.25, 0.3) is 0 Å². The van der Waals surface area contributed by atoms with E-state index in [2.05, 4.69) is 29.3 Å². The average molecular weight is 217 g/mol. The van der Waals surface area contributed by atoms with Crippen LogP contribution in [0.25, 0.3) is 0 Å². The molecule has 1 N–H and O–H groups in total. The van der Waals surface area contributed by atoms with Crippen molar-refractivity contribution >= 4 is 0 Å². The monoisotopic (exact) mass is 217 g/mol. The van der Waals surface area contributed by atoms with Gasteiger partial charge in [0.1, 0.15) is 5.75 Å². The number of ether oxygens (including phenoxy) is 1. The van der Waals surface area contributed by atoms with Gasteiger partial charge in [0.05, 0.1) is 7.11 Å². The van der Waals surface area contributed by atoms with Crippen molar-refractivity contribution in [2.45, 2.75) is 19.8 Å². The van der Waals surface area contributed by atoms with Crippen molar-refractivity contribution in [3.63, 3.8) is 0 Å². The van der Waals surface area contributed by atoms with E-state index in [-0.39, 0.29) is 0 Å². The molecule has 0 saturated carbocycles. The van der Waals surface area contributed by atoms with E-state index in [4.69, 9.17) is 4.74 Å². The number of methoxy groups -OCH3 is 1. The first-order chi connectivity index (χ1) is 7.86. The van der Waals surface area contributed by atoms with E-state index in [0.717, 1.165) is 31.7 Å². The third-order valence-electron chi connectivity index (χ3n) is 2.33. The van der Waals surface area contributed by atoms with Gasteiger partial charge in [-0.2, -0.15) is 0 Å². The van der Waals surface area contributed by atoms with Gasteiger partial charge in [-0.25, -0.2) is 0 Å². The minimum absolute atomic E-state index is 0.925. The molecule has 0 amide bonds. The molecule has 1 aromatic rings. The van der Waals surface area contributed by atoms with Crippen LogP contribution in [-0.2, 0) is 6.42 Å². The van der Waals surface area contributed by atoms with E-state index in [1.54, 1.807) is 7.11 Å². The fourth-order valence-electron chi connectivity index (χ4n) is 1.46. The Morgan fingerprint density at radius 2 is 2.19 bits per heavy atom. The highest BCUT2D eigenvalue weighted by Crippen LogP contribution is 2.12. The van der Waals surface area contributed by atoms with Gasteiger partial charge in [0.2, 0.25) is 0 Å². The molecule has 0 unspecified atom stereocenters. The van der Waals surface area contributed by atoms with Crippen molar-refractivity contribution < 1.29 is 4.74 Å². The first kappa shape index (κ1) is 12.6. The molecular weight excluding hydrogens is 198 g/mol. The lowest BCUT2D eigenvalue weighted by Gasteiger charge is -2.05. The topological polar surface area (TPSA) is 21.3 Å². The quantitative estimate of drug-likeness (QED) is 0.583. The molecule has 0 aromatic heterocycles. The molecule has 0 saturated heterocycles. The van der Waals surface area contributed by atoms with Gasteiger partial charge in [-0.3, -0.25) is 0 Å². The van der Waals surface area contributed by atoms with Crippen LogP contribution >= 0.6 is 0 Å². The van der Waals surface area contributed by atoms with Gasteiger partial charge in [-0.1, -0.05) is 12.1 Å². The summed E-state index contributed by atoms with van der Waals surface area (Å²) in [4.78, 5) is 0. The van der Waals surface area contributed by atoms with Crippen LogP contribution in [0.5, 0.6) is 5.75 Å². The maximum absolute atomic E-state index is 5.18. The second-order valence-electron chi connectivity index (χ2n) is 3.53. The lowest BCUT2D eigenvalue weighted by molar-refractivity contribution is 0.414. The molecule has 0 atom stereocenters. The summed E-state index contributed by atoms with van der Waals surface area (Å²) < 4.78 is 5.18. The number of hydrogen-bond acceptors (Lipinski definition) is 2. The van der Waals surface area contributed by atoms with Crippen molar-refractivity contribution in [2.75, 3.05) is 20.2 Å². The summed E-state index contributed by atoms with van der Waals surface area (Å²) in [6.07, 6.45) is 1.95. The number of rotatable bonds is 6. The second kappa shape index (κ2) is 7.78. The Bertz CT molecular complexity index is 362. The summed E-state index contributed by atoms with van der Waals surface area (Å²) in [6.45, 7) is 3.82. The van der Waals surface area contributed by atoms with Crippen molar-refractivity contribution in [1.29, 1.82) is 0 Å². The zero-order valence-corrected chi connectivity index (χ0v) is 10.0. The van der Waals surface area contributed by atoms with Crippen LogP contribution in [0.3, 0.4) is 0 Å². The molecule has 0 bridgehead atoms. The standard InChI is InChI=1S/C14H19NO/c1-3-4-5-10-15-11-9-13-7-6-8-14(12-13)16-2/h6-8,12,15H,5,9-11H2,1-2H3. The minimum atomic E-state index is 0.925. The summed E-state index contributed by atoms with van der Waals surface area (Å²) >= 11 is 0. The Labute approximate surface area is 98.0 Å². The molecule has 86 valence electrons. The Kier molecular flexibility index (Phi) is 6.13. The van der Waals surface area contributed by atoms with Crippen LogP contribution in [0.2, 0.25) is 0 Å². The highest BCUT2D eigenvalue weighted by Gasteiger charge is 1.95. The van der Waals surface area contributed by atoms with Gasteiger partial charge in [0.15, 0.2) is 0 Å². The first-order valence-corrected chi connectivity index (χ1v) is 5.60. The number of hydrogen-bond donors (Lipinski definition) is 1. The van der Waals surface area contributed by atoms with E-state index in [0.29, 0.717) is 0 Å². The van der Waals surface area contributed by atoms with E-state index in [1.807, 2.05) is 19.1 Å². The highest BCUT2D eigenvalue weighted by atomic mass is 16.5. The maximum atomic E-state index is 5.18. The minimum Gasteiger partial charge on any atom is -0.497 e. The zero-order valence-electron chi connectivity index (χ0n) is 10.0. The van der Waals surface area contributed by atoms with E-state index in [9.17, 15) is 0 Å². The Morgan fingerprint density at radius 1 is 1.31 bits per heavy atom. The fourth-order valence-corrected chi connectivity index (χ4v) is 1.46. The molecule has 0 aliphatic rings. The molecule has 0 radical (unpaired) electrons. The second-order valence-corrected chi connectivity index (χ2v) is 3.53. The molecule has 16 heavy (non-hydrogen) atoms. The normalized spacial score (nSPS) is 9.38. The molecule has 0 spiro atoms. The average Bonchev–Trinajstić information content (AvgIpc) is 2.34. The van der Waals surface area contributed by atoms with Gasteiger partial charge in [0, 0.05) is 13.0 Å². The number of nitrogens with one attached hydrogen (secondary N) is 1. The fraction of sp³-hybridized carbons (Fsp3) is 0.429. The lowest BCUT2D eigenvalue weighted by atomic mass is 10.1. The Balaban J connectivity index is 2.22. The van der Waals surface area contributed by atoms with Gasteiger partial charge >= 0.3 is 0 Å². The largest absolute Gasteiger partial charge is 0.497 e. The van der Waals surface area contributed by atoms with E-state index >= 15 is 0 Å². The van der Waals surface area contributed by atoms with Gasteiger partial charge in [-0.15, -0.1) is 11.8 Å². The number of benzene rings is 1. The summed E-state index contributed by atoms with van der Waals surface area (Å²) in [5, 5.41) is 3.36. The van der Waals surface area contributed by atoms with Gasteiger partial charge < -0.3 is 10.1 Å². The van der Waals surface area contributed by atoms with Crippen LogP contribution in [0.4, 0.5) is 0 Å². The summed E-state index contributed by atoms with van der Waals surface area (Å²) in [5.41, 5.74) is 1.30. The van der Waals surface area contributed by atoms with Crippen LogP contribution in [-0.4, -0.2) is 20.2 Å². The van der Waals surface area contributed by atoms with Crippen LogP contribution in [0.1, 0.15) is 18.9 Å². The molecule has 2 nitrogen and oxygen atoms in total. The first-order valence-electron chi connectivity index (χ1n) is 5.60. The molecule has 0 aliphatic heterocycles. The highest BCUT2D eigenvalue weighted by molar-refractivity contribution is 5.28. The molecule has 1 rings (SSSR count). The smallest absolute Gasteiger partial charge is 0.119 e. The van der Waals surface area contributed by atoms with Crippen LogP contribution in [0, 0.1) is 11.8 Å². The summed E-state index contributed by atoms with van der Waals surface area (Å²) in [6, 6.07) is 8.19. The van der Waals surface area contributed by atoms with Crippen molar-refractivity contribution in [1.82, 2.24) is 5.32 Å². The van der Waals surface area contributed by atoms with E-state index < -0.39 is 0 Å². The van der Waals surface area contributed by atoms with Crippen molar-refractivity contribution in [3.8, 4) is 17.6 Å². The maximum Gasteiger partial charge on any atom is 0.119 e. The van der Waals surface area contributed by atoms with Crippen LogP contribution in [0.15, 0.2) is 24.3 Å². The van der Waals surface area contributed by atoms with Crippen molar-refractivity contribution in [2.24, 2.45) is 0 Å². The molecular formula is C14H19NO. The lowest BCUT2D eigenvalue weighted by Crippen LogP contribution is -2.18. The summed E-state index contributed by atoms with van der Waals surface area (Å²) in [7, 11) is 1.70. The molecule has 0 heterocycles. The predicted molar refractivity (Wildman–Crippen MR) is 67.6 cm³/mol. The molecule has 0 aliphatic carbocycles. The Hall–Kier alpha value is -1.46. The Morgan fingerprint density at radius 3 is 2.94 bits per heavy atom.